The van der Waals surface area contributed by atoms with Gasteiger partial charge in [-0.15, -0.1) is 12.1 Å². The molecule has 0 unspecified atom stereocenters. The molecule has 0 aliphatic rings. The second kappa shape index (κ2) is 7.36. The van der Waals surface area contributed by atoms with E-state index in [0.717, 1.165) is 5.69 Å². The first-order valence-electron chi connectivity index (χ1n) is 3.69. The van der Waals surface area contributed by atoms with Crippen LogP contribution in [0.4, 0.5) is 5.69 Å². The van der Waals surface area contributed by atoms with Crippen LogP contribution in [0.15, 0.2) is 54.6 Å². The summed E-state index contributed by atoms with van der Waals surface area (Å²) in [6, 6.07) is 17.3. The summed E-state index contributed by atoms with van der Waals surface area (Å²) in [7, 11) is 0. The van der Waals surface area contributed by atoms with Gasteiger partial charge in [0, 0.05) is 22.8 Å². The van der Waals surface area contributed by atoms with Crippen molar-refractivity contribution in [2.75, 3.05) is 0 Å². The van der Waals surface area contributed by atoms with Gasteiger partial charge in [0.25, 0.3) is 0 Å². The van der Waals surface area contributed by atoms with Gasteiger partial charge >= 0.3 is 0 Å². The van der Waals surface area contributed by atoms with E-state index in [-0.39, 0.29) is 17.1 Å². The van der Waals surface area contributed by atoms with Crippen molar-refractivity contribution in [2.24, 2.45) is 0 Å². The topological polar surface area (TPSA) is 4.36 Å². The molecule has 0 atom stereocenters. The average molecular weight is 211 g/mol. The molecular weight excluding hydrogens is 202 g/mol. The van der Waals surface area contributed by atoms with Gasteiger partial charge in [-0.2, -0.15) is 0 Å². The van der Waals surface area contributed by atoms with Gasteiger partial charge in [0.1, 0.15) is 0 Å². The van der Waals surface area contributed by atoms with Gasteiger partial charge in [0.15, 0.2) is 0 Å². The molecule has 2 aromatic carbocycles. The van der Waals surface area contributed by atoms with Crippen molar-refractivity contribution >= 4 is 5.69 Å². The SMILES string of the molecule is [C-]#[N+][c-]1cccc1.[Fe].[cH-]1[cH-][cH-][cH-][cH-]1. The summed E-state index contributed by atoms with van der Waals surface area (Å²) in [5.41, 5.74) is 0.722. The van der Waals surface area contributed by atoms with Crippen LogP contribution >= 0.6 is 0 Å². The van der Waals surface area contributed by atoms with E-state index in [1.165, 1.54) is 0 Å². The normalized spacial score (nSPS) is 7.31. The molecule has 0 saturated heterocycles. The summed E-state index contributed by atoms with van der Waals surface area (Å²) in [4.78, 5) is 3.18. The Hall–Kier alpha value is -1.29. The van der Waals surface area contributed by atoms with Crippen LogP contribution in [0, 0.1) is 6.57 Å². The molecule has 2 rings (SSSR count). The zero-order valence-electron chi connectivity index (χ0n) is 7.00. The molecule has 0 bridgehead atoms. The molecule has 2 aromatic rings. The summed E-state index contributed by atoms with van der Waals surface area (Å²) in [5, 5.41) is 0. The molecular formula is C11H9FeN-6. The van der Waals surface area contributed by atoms with Crippen LogP contribution in [0.3, 0.4) is 0 Å². The molecule has 0 aliphatic heterocycles. The summed E-state index contributed by atoms with van der Waals surface area (Å²) in [6.07, 6.45) is 0. The van der Waals surface area contributed by atoms with Crippen molar-refractivity contribution < 1.29 is 17.1 Å². The Morgan fingerprint density at radius 2 is 1.31 bits per heavy atom. The van der Waals surface area contributed by atoms with Crippen LogP contribution in [0.5, 0.6) is 0 Å². The van der Waals surface area contributed by atoms with E-state index < -0.39 is 0 Å². The van der Waals surface area contributed by atoms with Crippen molar-refractivity contribution in [3.63, 3.8) is 0 Å². The van der Waals surface area contributed by atoms with Gasteiger partial charge in [-0.25, -0.2) is 0 Å². The maximum absolute atomic E-state index is 6.49. The molecule has 0 N–H and O–H groups in total. The Morgan fingerprint density at radius 3 is 1.54 bits per heavy atom. The molecule has 0 radical (unpaired) electrons. The molecule has 0 aromatic heterocycles. The van der Waals surface area contributed by atoms with Crippen LogP contribution in [0.25, 0.3) is 4.85 Å². The Bertz CT molecular complexity index is 296. The van der Waals surface area contributed by atoms with Crippen LogP contribution in [-0.4, -0.2) is 0 Å². The molecule has 0 heterocycles. The molecule has 2 heteroatoms. The standard InChI is InChI=1S/C6H4N.C5H5.Fe/c1-7-6-4-2-3-5-6;1-2-4-5-3-1;/h2-5H;1-5H;/q-1;-5;. The first-order chi connectivity index (χ1) is 5.93. The average Bonchev–Trinajstić information content (AvgIpc) is 2.81. The fourth-order valence-corrected chi connectivity index (χ4v) is 0.759. The van der Waals surface area contributed by atoms with Crippen molar-refractivity contribution in [1.82, 2.24) is 0 Å². The van der Waals surface area contributed by atoms with Gasteiger partial charge < -0.3 is 35.2 Å². The van der Waals surface area contributed by atoms with Crippen molar-refractivity contribution in [2.45, 2.75) is 0 Å². The quantitative estimate of drug-likeness (QED) is 0.464. The van der Waals surface area contributed by atoms with Gasteiger partial charge in [-0.3, -0.25) is 6.57 Å². The minimum atomic E-state index is 0. The maximum Gasteiger partial charge on any atom is 0.0116 e. The summed E-state index contributed by atoms with van der Waals surface area (Å²) >= 11 is 0. The monoisotopic (exact) mass is 211 g/mol. The fourth-order valence-electron chi connectivity index (χ4n) is 0.759. The molecule has 0 amide bonds. The predicted octanol–water partition coefficient (Wildman–Crippen LogP) is 3.36. The molecule has 0 aliphatic carbocycles. The fraction of sp³-hybridized carbons (Fsp3) is 0. The third-order valence-electron chi connectivity index (χ3n) is 1.33. The van der Waals surface area contributed by atoms with Gasteiger partial charge in [0.2, 0.25) is 0 Å². The molecule has 0 fully saturated rings. The summed E-state index contributed by atoms with van der Waals surface area (Å²) in [5.74, 6) is 0. The largest absolute Gasteiger partial charge is 0.748 e. The number of rotatable bonds is 0. The zero-order chi connectivity index (χ0) is 8.65. The van der Waals surface area contributed by atoms with Crippen LogP contribution in [0.2, 0.25) is 0 Å². The minimum absolute atomic E-state index is 0. The Kier molecular flexibility index (Phi) is 6.63. The van der Waals surface area contributed by atoms with E-state index in [0.29, 0.717) is 0 Å². The molecule has 0 spiro atoms. The third kappa shape index (κ3) is 5.03. The van der Waals surface area contributed by atoms with Crippen LogP contribution in [-0.2, 0) is 17.1 Å². The first kappa shape index (κ1) is 11.7. The van der Waals surface area contributed by atoms with E-state index >= 15 is 0 Å². The van der Waals surface area contributed by atoms with Gasteiger partial charge in [-0.1, -0.05) is 12.1 Å². The number of hydrogen-bond acceptors (Lipinski definition) is 0. The van der Waals surface area contributed by atoms with E-state index in [2.05, 4.69) is 4.85 Å². The first-order valence-corrected chi connectivity index (χ1v) is 3.69. The van der Waals surface area contributed by atoms with Crippen LogP contribution in [0.1, 0.15) is 0 Å². The smallest absolute Gasteiger partial charge is 0.0116 e. The maximum atomic E-state index is 6.49. The predicted molar refractivity (Wildman–Crippen MR) is 50.3 cm³/mol. The number of nitrogens with zero attached hydrogens (tertiary/aromatic N) is 1. The second-order valence-corrected chi connectivity index (χ2v) is 2.22. The second-order valence-electron chi connectivity index (χ2n) is 2.22. The van der Waals surface area contributed by atoms with Crippen molar-refractivity contribution in [3.8, 4) is 0 Å². The molecule has 13 heavy (non-hydrogen) atoms. The van der Waals surface area contributed by atoms with E-state index in [1.54, 1.807) is 12.1 Å². The summed E-state index contributed by atoms with van der Waals surface area (Å²) in [6.45, 7) is 6.49. The molecule has 0 saturated carbocycles. The number of hydrogen-bond donors (Lipinski definition) is 0. The minimum Gasteiger partial charge on any atom is -0.748 e. The van der Waals surface area contributed by atoms with Gasteiger partial charge in [-0.05, 0) is 0 Å². The molecule has 1 nitrogen and oxygen atoms in total. The van der Waals surface area contributed by atoms with Crippen molar-refractivity contribution in [3.05, 3.63) is 66.0 Å². The summed E-state index contributed by atoms with van der Waals surface area (Å²) < 4.78 is 0. The van der Waals surface area contributed by atoms with E-state index in [1.807, 2.05) is 42.5 Å². The van der Waals surface area contributed by atoms with Gasteiger partial charge in [0.05, 0.1) is 0 Å². The third-order valence-corrected chi connectivity index (χ3v) is 1.33. The van der Waals surface area contributed by atoms with Crippen LogP contribution < -0.4 is 0 Å². The Balaban J connectivity index is 0.000000215. The van der Waals surface area contributed by atoms with E-state index in [9.17, 15) is 0 Å². The zero-order valence-corrected chi connectivity index (χ0v) is 8.10. The van der Waals surface area contributed by atoms with Crippen molar-refractivity contribution in [1.29, 1.82) is 0 Å². The Labute approximate surface area is 89.0 Å². The molecule has 72 valence electrons. The Morgan fingerprint density at radius 1 is 0.923 bits per heavy atom. The van der Waals surface area contributed by atoms with E-state index in [4.69, 9.17) is 6.57 Å².